The monoisotopic (exact) mass is 334 g/mol. The van der Waals surface area contributed by atoms with Gasteiger partial charge < -0.3 is 9.47 Å². The van der Waals surface area contributed by atoms with Crippen LogP contribution in [0, 0.1) is 20.8 Å². The topological polar surface area (TPSA) is 35.5 Å². The highest BCUT2D eigenvalue weighted by Crippen LogP contribution is 2.34. The summed E-state index contributed by atoms with van der Waals surface area (Å²) in [6.07, 6.45) is 0. The predicted octanol–water partition coefficient (Wildman–Crippen LogP) is 5.01. The van der Waals surface area contributed by atoms with Gasteiger partial charge in [-0.1, -0.05) is 29.8 Å². The standard InChI is InChI=1S/C22H22O3/c1-13-10-14(2)20(15(3)11-13)22(23)21-18-12-17(24-4)8-6-16(18)7-9-19(21)25-5/h6-12H,1-5H3. The normalized spacial score (nSPS) is 10.8. The number of carbonyl (C=O) groups is 1. The molecule has 3 nitrogen and oxygen atoms in total. The lowest BCUT2D eigenvalue weighted by Gasteiger charge is -2.15. The maximum Gasteiger partial charge on any atom is 0.197 e. The molecule has 3 rings (SSSR count). The van der Waals surface area contributed by atoms with Crippen LogP contribution in [-0.4, -0.2) is 20.0 Å². The summed E-state index contributed by atoms with van der Waals surface area (Å²) in [5.41, 5.74) is 4.42. The van der Waals surface area contributed by atoms with Crippen molar-refractivity contribution in [2.75, 3.05) is 14.2 Å². The minimum absolute atomic E-state index is 0.0225. The Labute approximate surface area is 148 Å². The molecule has 0 heterocycles. The van der Waals surface area contributed by atoms with Crippen LogP contribution in [0.1, 0.15) is 32.6 Å². The van der Waals surface area contributed by atoms with Crippen molar-refractivity contribution in [3.05, 3.63) is 70.3 Å². The van der Waals surface area contributed by atoms with Gasteiger partial charge in [0.05, 0.1) is 19.8 Å². The minimum atomic E-state index is -0.0225. The van der Waals surface area contributed by atoms with Gasteiger partial charge in [0, 0.05) is 10.9 Å². The van der Waals surface area contributed by atoms with E-state index >= 15 is 0 Å². The van der Waals surface area contributed by atoms with Crippen molar-refractivity contribution in [3.63, 3.8) is 0 Å². The number of fused-ring (bicyclic) bond motifs is 1. The summed E-state index contributed by atoms with van der Waals surface area (Å²) in [6.45, 7) is 5.99. The summed E-state index contributed by atoms with van der Waals surface area (Å²) in [6, 6.07) is 13.6. The molecule has 128 valence electrons. The van der Waals surface area contributed by atoms with Crippen LogP contribution in [0.3, 0.4) is 0 Å². The number of hydrogen-bond acceptors (Lipinski definition) is 3. The molecule has 0 saturated carbocycles. The van der Waals surface area contributed by atoms with Gasteiger partial charge in [-0.2, -0.15) is 0 Å². The van der Waals surface area contributed by atoms with Gasteiger partial charge >= 0.3 is 0 Å². The van der Waals surface area contributed by atoms with Crippen molar-refractivity contribution in [2.45, 2.75) is 20.8 Å². The van der Waals surface area contributed by atoms with Crippen molar-refractivity contribution in [1.82, 2.24) is 0 Å². The molecule has 0 aliphatic heterocycles. The van der Waals surface area contributed by atoms with Gasteiger partial charge in [0.1, 0.15) is 11.5 Å². The molecule has 0 aromatic heterocycles. The first-order valence-electron chi connectivity index (χ1n) is 8.23. The number of carbonyl (C=O) groups excluding carboxylic acids is 1. The number of aryl methyl sites for hydroxylation is 3. The van der Waals surface area contributed by atoms with E-state index in [1.165, 1.54) is 0 Å². The predicted molar refractivity (Wildman–Crippen MR) is 101 cm³/mol. The molecule has 0 bridgehead atoms. The Bertz CT molecular complexity index is 942. The zero-order valence-corrected chi connectivity index (χ0v) is 15.3. The Morgan fingerprint density at radius 3 is 2.04 bits per heavy atom. The Morgan fingerprint density at radius 1 is 0.800 bits per heavy atom. The van der Waals surface area contributed by atoms with Crippen LogP contribution in [0.25, 0.3) is 10.8 Å². The first kappa shape index (κ1) is 17.0. The minimum Gasteiger partial charge on any atom is -0.497 e. The highest BCUT2D eigenvalue weighted by atomic mass is 16.5. The number of benzene rings is 3. The van der Waals surface area contributed by atoms with Crippen LogP contribution in [0.4, 0.5) is 0 Å². The number of hydrogen-bond donors (Lipinski definition) is 0. The lowest BCUT2D eigenvalue weighted by Crippen LogP contribution is -2.09. The maximum atomic E-state index is 13.5. The van der Waals surface area contributed by atoms with Crippen LogP contribution in [0.2, 0.25) is 0 Å². The van der Waals surface area contributed by atoms with Crippen molar-refractivity contribution in [1.29, 1.82) is 0 Å². The van der Waals surface area contributed by atoms with Crippen LogP contribution in [-0.2, 0) is 0 Å². The fraction of sp³-hybridized carbons (Fsp3) is 0.227. The van der Waals surface area contributed by atoms with E-state index in [1.54, 1.807) is 14.2 Å². The molecular weight excluding hydrogens is 312 g/mol. The van der Waals surface area contributed by atoms with Gasteiger partial charge in [-0.25, -0.2) is 0 Å². The Kier molecular flexibility index (Phi) is 4.49. The molecule has 0 amide bonds. The van der Waals surface area contributed by atoms with Gasteiger partial charge in [-0.3, -0.25) is 4.79 Å². The van der Waals surface area contributed by atoms with Crippen molar-refractivity contribution < 1.29 is 14.3 Å². The average molecular weight is 334 g/mol. The third-order valence-electron chi connectivity index (χ3n) is 4.54. The molecule has 0 saturated heterocycles. The van der Waals surface area contributed by atoms with E-state index in [9.17, 15) is 4.79 Å². The lowest BCUT2D eigenvalue weighted by molar-refractivity contribution is 0.103. The molecule has 0 radical (unpaired) electrons. The van der Waals surface area contributed by atoms with Crippen LogP contribution < -0.4 is 9.47 Å². The van der Waals surface area contributed by atoms with E-state index in [0.717, 1.165) is 33.0 Å². The van der Waals surface area contributed by atoms with Gasteiger partial charge in [0.2, 0.25) is 0 Å². The molecule has 25 heavy (non-hydrogen) atoms. The van der Waals surface area contributed by atoms with Crippen molar-refractivity contribution in [2.24, 2.45) is 0 Å². The zero-order chi connectivity index (χ0) is 18.1. The number of ether oxygens (including phenoxy) is 2. The van der Waals surface area contributed by atoms with Crippen molar-refractivity contribution >= 4 is 16.6 Å². The molecule has 0 aliphatic rings. The molecular formula is C22H22O3. The van der Waals surface area contributed by atoms with Crippen LogP contribution in [0.5, 0.6) is 11.5 Å². The van der Waals surface area contributed by atoms with E-state index in [4.69, 9.17) is 9.47 Å². The number of rotatable bonds is 4. The molecule has 3 aromatic carbocycles. The molecule has 0 aliphatic carbocycles. The first-order valence-corrected chi connectivity index (χ1v) is 8.23. The molecule has 0 spiro atoms. The third-order valence-corrected chi connectivity index (χ3v) is 4.54. The summed E-state index contributed by atoms with van der Waals surface area (Å²) in [7, 11) is 3.21. The number of ketones is 1. The Hall–Kier alpha value is -2.81. The van der Waals surface area contributed by atoms with Gasteiger partial charge in [0.25, 0.3) is 0 Å². The summed E-state index contributed by atoms with van der Waals surface area (Å²) in [5.74, 6) is 1.27. The van der Waals surface area contributed by atoms with Gasteiger partial charge in [-0.15, -0.1) is 0 Å². The van der Waals surface area contributed by atoms with E-state index in [-0.39, 0.29) is 5.78 Å². The Balaban J connectivity index is 2.32. The molecule has 0 fully saturated rings. The second-order valence-electron chi connectivity index (χ2n) is 6.33. The van der Waals surface area contributed by atoms with Crippen LogP contribution in [0.15, 0.2) is 42.5 Å². The van der Waals surface area contributed by atoms with Gasteiger partial charge in [0.15, 0.2) is 5.78 Å². The van der Waals surface area contributed by atoms with E-state index in [2.05, 4.69) is 0 Å². The first-order chi connectivity index (χ1) is 12.0. The highest BCUT2D eigenvalue weighted by Gasteiger charge is 2.21. The quantitative estimate of drug-likeness (QED) is 0.629. The molecule has 0 N–H and O–H groups in total. The molecule has 0 unspecified atom stereocenters. The molecule has 3 heteroatoms. The smallest absolute Gasteiger partial charge is 0.197 e. The Morgan fingerprint density at radius 2 is 1.44 bits per heavy atom. The van der Waals surface area contributed by atoms with Crippen molar-refractivity contribution in [3.8, 4) is 11.5 Å². The lowest BCUT2D eigenvalue weighted by atomic mass is 9.90. The summed E-state index contributed by atoms with van der Waals surface area (Å²) >= 11 is 0. The SMILES string of the molecule is COc1ccc2ccc(OC)c(C(=O)c3c(C)cc(C)cc3C)c2c1. The third kappa shape index (κ3) is 2.98. The summed E-state index contributed by atoms with van der Waals surface area (Å²) < 4.78 is 10.9. The largest absolute Gasteiger partial charge is 0.497 e. The zero-order valence-electron chi connectivity index (χ0n) is 15.3. The highest BCUT2D eigenvalue weighted by molar-refractivity contribution is 6.19. The van der Waals surface area contributed by atoms with Gasteiger partial charge in [-0.05, 0) is 55.5 Å². The van der Waals surface area contributed by atoms with E-state index < -0.39 is 0 Å². The number of methoxy groups -OCH3 is 2. The molecule has 3 aromatic rings. The van der Waals surface area contributed by atoms with E-state index in [1.807, 2.05) is 63.2 Å². The van der Waals surface area contributed by atoms with Crippen LogP contribution >= 0.6 is 0 Å². The summed E-state index contributed by atoms with van der Waals surface area (Å²) in [5, 5.41) is 1.82. The molecule has 0 atom stereocenters. The average Bonchev–Trinajstić information content (AvgIpc) is 2.59. The fourth-order valence-electron chi connectivity index (χ4n) is 3.47. The second kappa shape index (κ2) is 6.60. The fourth-order valence-corrected chi connectivity index (χ4v) is 3.47. The maximum absolute atomic E-state index is 13.5. The second-order valence-corrected chi connectivity index (χ2v) is 6.33. The summed E-state index contributed by atoms with van der Waals surface area (Å²) in [4.78, 5) is 13.5. The van der Waals surface area contributed by atoms with E-state index in [0.29, 0.717) is 17.1 Å².